The Bertz CT molecular complexity index is 971. The highest BCUT2D eigenvalue weighted by atomic mass is 79.9. The summed E-state index contributed by atoms with van der Waals surface area (Å²) in [6.07, 6.45) is 0. The summed E-state index contributed by atoms with van der Waals surface area (Å²) >= 11 is 3.33. The number of aryl methyl sites for hydroxylation is 1. The molecule has 0 N–H and O–H groups in total. The lowest BCUT2D eigenvalue weighted by Crippen LogP contribution is -2.11. The number of carbonyl (C=O) groups is 1. The van der Waals surface area contributed by atoms with Gasteiger partial charge in [0.1, 0.15) is 11.3 Å². The molecule has 24 heavy (non-hydrogen) atoms. The summed E-state index contributed by atoms with van der Waals surface area (Å²) in [5.41, 5.74) is 2.16. The molecular weight excluding hydrogens is 372 g/mol. The van der Waals surface area contributed by atoms with Crippen LogP contribution in [0.25, 0.3) is 11.0 Å². The lowest BCUT2D eigenvalue weighted by Gasteiger charge is -2.08. The van der Waals surface area contributed by atoms with Gasteiger partial charge in [0.15, 0.2) is 12.4 Å². The zero-order valence-electron chi connectivity index (χ0n) is 13.3. The maximum Gasteiger partial charge on any atom is 0.339 e. The van der Waals surface area contributed by atoms with Crippen LogP contribution >= 0.6 is 15.9 Å². The van der Waals surface area contributed by atoms with Crippen molar-refractivity contribution >= 4 is 32.7 Å². The van der Waals surface area contributed by atoms with E-state index in [9.17, 15) is 9.59 Å². The van der Waals surface area contributed by atoms with Crippen LogP contribution in [0.3, 0.4) is 0 Å². The second kappa shape index (κ2) is 6.61. The van der Waals surface area contributed by atoms with Gasteiger partial charge < -0.3 is 9.15 Å². The van der Waals surface area contributed by atoms with Crippen molar-refractivity contribution in [3.63, 3.8) is 0 Å². The van der Waals surface area contributed by atoms with Gasteiger partial charge in [0, 0.05) is 27.1 Å². The summed E-state index contributed by atoms with van der Waals surface area (Å²) < 4.78 is 11.8. The van der Waals surface area contributed by atoms with Crippen molar-refractivity contribution in [2.75, 3.05) is 6.61 Å². The monoisotopic (exact) mass is 386 g/mol. The minimum Gasteiger partial charge on any atom is -0.485 e. The van der Waals surface area contributed by atoms with Gasteiger partial charge in [0.2, 0.25) is 0 Å². The predicted molar refractivity (Wildman–Crippen MR) is 95.9 cm³/mol. The molecule has 5 heteroatoms. The van der Waals surface area contributed by atoms with Crippen molar-refractivity contribution in [2.45, 2.75) is 13.8 Å². The Morgan fingerprint density at radius 1 is 1.08 bits per heavy atom. The number of hydrogen-bond donors (Lipinski definition) is 0. The molecular formula is C19H15BrO4. The van der Waals surface area contributed by atoms with Gasteiger partial charge in [-0.25, -0.2) is 4.79 Å². The number of benzene rings is 2. The normalized spacial score (nSPS) is 10.8. The van der Waals surface area contributed by atoms with Crippen LogP contribution in [-0.4, -0.2) is 12.4 Å². The molecule has 0 aliphatic heterocycles. The molecule has 0 saturated carbocycles. The summed E-state index contributed by atoms with van der Waals surface area (Å²) in [6.45, 7) is 3.54. The molecule has 4 nitrogen and oxygen atoms in total. The van der Waals surface area contributed by atoms with E-state index in [4.69, 9.17) is 9.15 Å². The third kappa shape index (κ3) is 3.26. The standard InChI is InChI=1S/C19H15BrO4/c1-11-12(2)19(22)24-18-9-15(7-8-16(11)18)23-10-17(21)13-3-5-14(20)6-4-13/h3-9H,10H2,1-2H3. The summed E-state index contributed by atoms with van der Waals surface area (Å²) in [5, 5.41) is 0.860. The highest BCUT2D eigenvalue weighted by Crippen LogP contribution is 2.24. The molecule has 2 aromatic carbocycles. The molecule has 3 rings (SSSR count). The zero-order chi connectivity index (χ0) is 17.3. The summed E-state index contributed by atoms with van der Waals surface area (Å²) in [4.78, 5) is 23.9. The zero-order valence-corrected chi connectivity index (χ0v) is 14.8. The van der Waals surface area contributed by atoms with E-state index in [-0.39, 0.29) is 18.0 Å². The van der Waals surface area contributed by atoms with E-state index in [0.29, 0.717) is 22.5 Å². The number of fused-ring (bicyclic) bond motifs is 1. The topological polar surface area (TPSA) is 56.5 Å². The van der Waals surface area contributed by atoms with E-state index in [1.807, 2.05) is 25.1 Å². The van der Waals surface area contributed by atoms with E-state index < -0.39 is 0 Å². The maximum absolute atomic E-state index is 12.1. The van der Waals surface area contributed by atoms with Crippen LogP contribution < -0.4 is 10.4 Å². The van der Waals surface area contributed by atoms with Crippen LogP contribution in [0.15, 0.2) is 56.1 Å². The SMILES string of the molecule is Cc1c(C)c2ccc(OCC(=O)c3ccc(Br)cc3)cc2oc1=O. The van der Waals surface area contributed by atoms with E-state index >= 15 is 0 Å². The third-order valence-electron chi connectivity index (χ3n) is 3.96. The molecule has 0 radical (unpaired) electrons. The van der Waals surface area contributed by atoms with Crippen molar-refractivity contribution in [3.05, 3.63) is 74.0 Å². The Morgan fingerprint density at radius 2 is 1.79 bits per heavy atom. The van der Waals surface area contributed by atoms with Crippen molar-refractivity contribution in [1.29, 1.82) is 0 Å². The molecule has 0 atom stereocenters. The van der Waals surface area contributed by atoms with Gasteiger partial charge in [-0.2, -0.15) is 0 Å². The summed E-state index contributed by atoms with van der Waals surface area (Å²) in [5.74, 6) is 0.364. The second-order valence-corrected chi connectivity index (χ2v) is 6.43. The third-order valence-corrected chi connectivity index (χ3v) is 4.49. The first-order chi connectivity index (χ1) is 11.5. The van der Waals surface area contributed by atoms with Gasteiger partial charge in [-0.1, -0.05) is 28.1 Å². The van der Waals surface area contributed by atoms with Crippen molar-refractivity contribution in [3.8, 4) is 5.75 Å². The number of hydrogen-bond acceptors (Lipinski definition) is 4. The van der Waals surface area contributed by atoms with Crippen LogP contribution in [0, 0.1) is 13.8 Å². The Hall–Kier alpha value is -2.40. The van der Waals surface area contributed by atoms with Crippen LogP contribution in [0.5, 0.6) is 5.75 Å². The highest BCUT2D eigenvalue weighted by Gasteiger charge is 2.10. The van der Waals surface area contributed by atoms with Gasteiger partial charge in [0.25, 0.3) is 0 Å². The van der Waals surface area contributed by atoms with Crippen LogP contribution in [0.4, 0.5) is 0 Å². The molecule has 0 amide bonds. The number of carbonyl (C=O) groups excluding carboxylic acids is 1. The number of halogens is 1. The van der Waals surface area contributed by atoms with Crippen LogP contribution in [0.2, 0.25) is 0 Å². The van der Waals surface area contributed by atoms with Gasteiger partial charge in [0.05, 0.1) is 0 Å². The largest absolute Gasteiger partial charge is 0.485 e. The molecule has 0 saturated heterocycles. The summed E-state index contributed by atoms with van der Waals surface area (Å²) in [7, 11) is 0. The van der Waals surface area contributed by atoms with E-state index in [2.05, 4.69) is 15.9 Å². The van der Waals surface area contributed by atoms with Crippen molar-refractivity contribution in [2.24, 2.45) is 0 Å². The van der Waals surface area contributed by atoms with Gasteiger partial charge in [-0.3, -0.25) is 4.79 Å². The Kier molecular flexibility index (Phi) is 4.53. The fourth-order valence-corrected chi connectivity index (χ4v) is 2.65. The molecule has 1 aromatic heterocycles. The molecule has 0 spiro atoms. The fraction of sp³-hybridized carbons (Fsp3) is 0.158. The number of rotatable bonds is 4. The van der Waals surface area contributed by atoms with Crippen molar-refractivity contribution < 1.29 is 13.9 Å². The molecule has 0 aliphatic rings. The lowest BCUT2D eigenvalue weighted by molar-refractivity contribution is 0.0921. The lowest BCUT2D eigenvalue weighted by atomic mass is 10.1. The molecule has 122 valence electrons. The molecule has 3 aromatic rings. The first kappa shape index (κ1) is 16.5. The molecule has 0 aliphatic carbocycles. The average Bonchev–Trinajstić information content (AvgIpc) is 2.58. The second-order valence-electron chi connectivity index (χ2n) is 5.52. The van der Waals surface area contributed by atoms with E-state index in [0.717, 1.165) is 15.4 Å². The Labute approximate surface area is 147 Å². The van der Waals surface area contributed by atoms with Gasteiger partial charge in [-0.05, 0) is 43.7 Å². The smallest absolute Gasteiger partial charge is 0.339 e. The first-order valence-electron chi connectivity index (χ1n) is 7.41. The van der Waals surface area contributed by atoms with Gasteiger partial charge in [-0.15, -0.1) is 0 Å². The quantitative estimate of drug-likeness (QED) is 0.491. The van der Waals surface area contributed by atoms with E-state index in [1.54, 1.807) is 31.2 Å². The molecule has 0 unspecified atom stereocenters. The van der Waals surface area contributed by atoms with E-state index in [1.165, 1.54) is 0 Å². The minimum absolute atomic E-state index is 0.0811. The average molecular weight is 387 g/mol. The molecule has 1 heterocycles. The maximum atomic E-state index is 12.1. The fourth-order valence-electron chi connectivity index (χ4n) is 2.39. The summed E-state index contributed by atoms with van der Waals surface area (Å²) in [6, 6.07) is 12.3. The van der Waals surface area contributed by atoms with Crippen LogP contribution in [-0.2, 0) is 0 Å². The van der Waals surface area contributed by atoms with Crippen molar-refractivity contribution in [1.82, 2.24) is 0 Å². The predicted octanol–water partition coefficient (Wildman–Crippen LogP) is 4.43. The highest BCUT2D eigenvalue weighted by molar-refractivity contribution is 9.10. The number of ether oxygens (including phenoxy) is 1. The van der Waals surface area contributed by atoms with Crippen LogP contribution in [0.1, 0.15) is 21.5 Å². The first-order valence-corrected chi connectivity index (χ1v) is 8.20. The molecule has 0 bridgehead atoms. The minimum atomic E-state index is -0.358. The molecule has 0 fully saturated rings. The van der Waals surface area contributed by atoms with Gasteiger partial charge >= 0.3 is 5.63 Å². The Morgan fingerprint density at radius 3 is 2.50 bits per heavy atom. The Balaban J connectivity index is 1.80. The number of Topliss-reactive ketones (excluding diaryl/α,β-unsaturated/α-hetero) is 1. The number of ketones is 1.